The van der Waals surface area contributed by atoms with Gasteiger partial charge in [0, 0.05) is 19.1 Å². The lowest BCUT2D eigenvalue weighted by molar-refractivity contribution is 0.316. The van der Waals surface area contributed by atoms with Gasteiger partial charge < -0.3 is 5.73 Å². The smallest absolute Gasteiger partial charge is 0.243 e. The van der Waals surface area contributed by atoms with Gasteiger partial charge in [-0.25, -0.2) is 8.42 Å². The topological polar surface area (TPSA) is 63.4 Å². The highest BCUT2D eigenvalue weighted by Crippen LogP contribution is 2.21. The van der Waals surface area contributed by atoms with E-state index >= 15 is 0 Å². The molecule has 1 aliphatic heterocycles. The summed E-state index contributed by atoms with van der Waals surface area (Å²) in [7, 11) is -3.37. The molecule has 0 bridgehead atoms. The van der Waals surface area contributed by atoms with Crippen molar-refractivity contribution in [2.24, 2.45) is 5.73 Å². The molecule has 100 valence electrons. The van der Waals surface area contributed by atoms with Crippen LogP contribution in [-0.4, -0.2) is 31.9 Å². The first kappa shape index (κ1) is 13.5. The van der Waals surface area contributed by atoms with Crippen LogP contribution in [0.2, 0.25) is 0 Å². The molecule has 1 fully saturated rings. The molecular weight excluding hydrogens is 248 g/mol. The van der Waals surface area contributed by atoms with Gasteiger partial charge in [0.05, 0.1) is 4.90 Å². The maximum absolute atomic E-state index is 12.5. The Hall–Kier alpha value is -0.910. The molecule has 0 radical (unpaired) electrons. The van der Waals surface area contributed by atoms with Crippen LogP contribution in [0.3, 0.4) is 0 Å². The minimum absolute atomic E-state index is 0.0390. The normalized spacial score (nSPS) is 22.0. The number of benzene rings is 1. The van der Waals surface area contributed by atoms with E-state index in [1.54, 1.807) is 18.2 Å². The number of nitrogens with zero attached hydrogens (tertiary/aromatic N) is 1. The molecule has 0 saturated carbocycles. The summed E-state index contributed by atoms with van der Waals surface area (Å²) in [5.41, 5.74) is 6.89. The first-order valence-corrected chi connectivity index (χ1v) is 7.82. The van der Waals surface area contributed by atoms with E-state index in [0.29, 0.717) is 18.0 Å². The summed E-state index contributed by atoms with van der Waals surface area (Å²) in [6, 6.07) is 7.13. The number of nitrogens with two attached hydrogens (primary N) is 1. The molecule has 0 amide bonds. The molecule has 0 aromatic heterocycles. The zero-order valence-corrected chi connectivity index (χ0v) is 11.5. The number of sulfonamides is 1. The molecule has 0 aliphatic carbocycles. The second-order valence-corrected chi connectivity index (χ2v) is 6.70. The second-order valence-electron chi connectivity index (χ2n) is 4.77. The molecular formula is C13H20N2O2S. The zero-order valence-electron chi connectivity index (χ0n) is 10.7. The van der Waals surface area contributed by atoms with Crippen molar-refractivity contribution in [2.75, 3.05) is 13.1 Å². The van der Waals surface area contributed by atoms with Crippen LogP contribution in [0.15, 0.2) is 29.2 Å². The summed E-state index contributed by atoms with van der Waals surface area (Å²) in [5, 5.41) is 0. The van der Waals surface area contributed by atoms with Crippen LogP contribution in [0.25, 0.3) is 0 Å². The third kappa shape index (κ3) is 2.74. The van der Waals surface area contributed by atoms with Crippen LogP contribution < -0.4 is 5.73 Å². The first-order chi connectivity index (χ1) is 8.54. The summed E-state index contributed by atoms with van der Waals surface area (Å²) < 4.78 is 26.5. The lowest BCUT2D eigenvalue weighted by Crippen LogP contribution is -2.45. The Bertz CT molecular complexity index is 513. The summed E-state index contributed by atoms with van der Waals surface area (Å²) in [6.45, 7) is 3.02. The van der Waals surface area contributed by atoms with E-state index in [2.05, 4.69) is 0 Å². The van der Waals surface area contributed by atoms with E-state index in [4.69, 9.17) is 5.73 Å². The van der Waals surface area contributed by atoms with Crippen molar-refractivity contribution < 1.29 is 8.42 Å². The van der Waals surface area contributed by atoms with Gasteiger partial charge in [-0.15, -0.1) is 0 Å². The fraction of sp³-hybridized carbons (Fsp3) is 0.538. The van der Waals surface area contributed by atoms with Gasteiger partial charge in [-0.3, -0.25) is 0 Å². The Morgan fingerprint density at radius 2 is 2.22 bits per heavy atom. The van der Waals surface area contributed by atoms with Crippen LogP contribution >= 0.6 is 0 Å². The summed E-state index contributed by atoms with van der Waals surface area (Å²) in [6.07, 6.45) is 2.58. The molecule has 1 aliphatic rings. The number of piperidine rings is 1. The van der Waals surface area contributed by atoms with Gasteiger partial charge >= 0.3 is 0 Å². The van der Waals surface area contributed by atoms with Gasteiger partial charge in [-0.1, -0.05) is 19.1 Å². The Kier molecular flexibility index (Phi) is 4.04. The van der Waals surface area contributed by atoms with E-state index in [1.807, 2.05) is 13.0 Å². The fourth-order valence-corrected chi connectivity index (χ4v) is 3.87. The molecule has 18 heavy (non-hydrogen) atoms. The number of rotatable bonds is 3. The molecule has 1 aromatic rings. The van der Waals surface area contributed by atoms with E-state index in [-0.39, 0.29) is 6.04 Å². The van der Waals surface area contributed by atoms with Crippen LogP contribution in [0.4, 0.5) is 0 Å². The third-order valence-electron chi connectivity index (χ3n) is 3.37. The van der Waals surface area contributed by atoms with Gasteiger partial charge in [0.2, 0.25) is 10.0 Å². The van der Waals surface area contributed by atoms with E-state index < -0.39 is 10.0 Å². The first-order valence-electron chi connectivity index (χ1n) is 6.38. The average molecular weight is 268 g/mol. The zero-order chi connectivity index (χ0) is 13.2. The van der Waals surface area contributed by atoms with Crippen molar-refractivity contribution in [1.29, 1.82) is 0 Å². The minimum atomic E-state index is -3.37. The van der Waals surface area contributed by atoms with Crippen molar-refractivity contribution in [2.45, 2.75) is 37.1 Å². The second kappa shape index (κ2) is 5.38. The number of aryl methyl sites for hydroxylation is 1. The molecule has 1 aromatic carbocycles. The van der Waals surface area contributed by atoms with Gasteiger partial charge in [-0.2, -0.15) is 4.31 Å². The van der Waals surface area contributed by atoms with Gasteiger partial charge in [0.15, 0.2) is 0 Å². The fourth-order valence-electron chi connectivity index (χ4n) is 2.27. The largest absolute Gasteiger partial charge is 0.327 e. The highest BCUT2D eigenvalue weighted by Gasteiger charge is 2.28. The van der Waals surface area contributed by atoms with E-state index in [1.165, 1.54) is 4.31 Å². The van der Waals surface area contributed by atoms with Gasteiger partial charge in [-0.05, 0) is 37.0 Å². The SMILES string of the molecule is CCc1cccc(S(=O)(=O)N2CCCC(N)C2)c1. The molecule has 1 unspecified atom stereocenters. The number of hydrogen-bond acceptors (Lipinski definition) is 3. The van der Waals surface area contributed by atoms with Crippen molar-refractivity contribution in [1.82, 2.24) is 4.31 Å². The maximum Gasteiger partial charge on any atom is 0.243 e. The van der Waals surface area contributed by atoms with Crippen LogP contribution in [0.5, 0.6) is 0 Å². The molecule has 4 nitrogen and oxygen atoms in total. The maximum atomic E-state index is 12.5. The van der Waals surface area contributed by atoms with E-state index in [0.717, 1.165) is 24.8 Å². The Morgan fingerprint density at radius 1 is 1.44 bits per heavy atom. The average Bonchev–Trinajstić information content (AvgIpc) is 2.39. The molecule has 2 N–H and O–H groups in total. The van der Waals surface area contributed by atoms with Crippen molar-refractivity contribution >= 4 is 10.0 Å². The monoisotopic (exact) mass is 268 g/mol. The van der Waals surface area contributed by atoms with Crippen LogP contribution in [0, 0.1) is 0 Å². The van der Waals surface area contributed by atoms with Crippen LogP contribution in [-0.2, 0) is 16.4 Å². The van der Waals surface area contributed by atoms with Crippen molar-refractivity contribution in [3.05, 3.63) is 29.8 Å². The summed E-state index contributed by atoms with van der Waals surface area (Å²) >= 11 is 0. The van der Waals surface area contributed by atoms with Gasteiger partial charge in [0.25, 0.3) is 0 Å². The lowest BCUT2D eigenvalue weighted by Gasteiger charge is -2.29. The Labute approximate surface area is 109 Å². The minimum Gasteiger partial charge on any atom is -0.327 e. The predicted octanol–water partition coefficient (Wildman–Crippen LogP) is 1.36. The molecule has 5 heteroatoms. The molecule has 2 rings (SSSR count). The predicted molar refractivity (Wildman–Crippen MR) is 71.8 cm³/mol. The highest BCUT2D eigenvalue weighted by atomic mass is 32.2. The highest BCUT2D eigenvalue weighted by molar-refractivity contribution is 7.89. The molecule has 1 heterocycles. The Balaban J connectivity index is 2.29. The molecule has 0 spiro atoms. The van der Waals surface area contributed by atoms with Gasteiger partial charge in [0.1, 0.15) is 0 Å². The van der Waals surface area contributed by atoms with E-state index in [9.17, 15) is 8.42 Å². The summed E-state index contributed by atoms with van der Waals surface area (Å²) in [4.78, 5) is 0.385. The third-order valence-corrected chi connectivity index (χ3v) is 5.23. The summed E-state index contributed by atoms with van der Waals surface area (Å²) in [5.74, 6) is 0. The quantitative estimate of drug-likeness (QED) is 0.900. The van der Waals surface area contributed by atoms with Crippen LogP contribution in [0.1, 0.15) is 25.3 Å². The Morgan fingerprint density at radius 3 is 2.89 bits per heavy atom. The standard InChI is InChI=1S/C13H20N2O2S/c1-2-11-5-3-7-13(9-11)18(16,17)15-8-4-6-12(14)10-15/h3,5,7,9,12H,2,4,6,8,10,14H2,1H3. The molecule has 1 atom stereocenters. The molecule has 1 saturated heterocycles. The van der Waals surface area contributed by atoms with Crippen molar-refractivity contribution in [3.8, 4) is 0 Å². The number of hydrogen-bond donors (Lipinski definition) is 1. The lowest BCUT2D eigenvalue weighted by atomic mass is 10.1. The van der Waals surface area contributed by atoms with Crippen molar-refractivity contribution in [3.63, 3.8) is 0 Å².